The Kier molecular flexibility index (Phi) is 44.5. The Morgan fingerprint density at radius 1 is 0.500 bits per heavy atom. The van der Waals surface area contributed by atoms with Crippen LogP contribution < -0.4 is 5.32 Å². The minimum atomic E-state index is -4.76. The van der Waals surface area contributed by atoms with Gasteiger partial charge in [-0.05, 0) is 38.5 Å². The summed E-state index contributed by atoms with van der Waals surface area (Å²) in [5.74, 6) is -2.36. The Labute approximate surface area is 379 Å². The fraction of sp³-hybridized carbons (Fsp3) is 0.900. The molecule has 0 aromatic carbocycles. The van der Waals surface area contributed by atoms with E-state index in [1.165, 1.54) is 173 Å². The van der Waals surface area contributed by atoms with Gasteiger partial charge in [-0.3, -0.25) is 18.6 Å². The van der Waals surface area contributed by atoms with Crippen molar-refractivity contribution in [3.8, 4) is 0 Å². The largest absolute Gasteiger partial charge is 0.480 e. The van der Waals surface area contributed by atoms with Gasteiger partial charge in [0.05, 0.1) is 13.2 Å². The molecule has 0 rings (SSSR count). The highest BCUT2D eigenvalue weighted by molar-refractivity contribution is 7.47. The summed E-state index contributed by atoms with van der Waals surface area (Å²) in [7, 11) is -4.76. The summed E-state index contributed by atoms with van der Waals surface area (Å²) in [5, 5.41) is 21.9. The molecule has 62 heavy (non-hydrogen) atoms. The first-order valence-corrected chi connectivity index (χ1v) is 27.2. The molecule has 0 aromatic heterocycles. The number of unbranched alkanes of at least 4 members (excludes halogenated alkanes) is 33. The van der Waals surface area contributed by atoms with Crippen LogP contribution in [0.3, 0.4) is 0 Å². The van der Waals surface area contributed by atoms with Crippen LogP contribution >= 0.6 is 7.82 Å². The molecule has 0 heterocycles. The highest BCUT2D eigenvalue weighted by Crippen LogP contribution is 2.43. The number of aliphatic hydroxyl groups is 1. The lowest BCUT2D eigenvalue weighted by Gasteiger charge is -2.18. The minimum absolute atomic E-state index is 0.151. The summed E-state index contributed by atoms with van der Waals surface area (Å²) in [6, 6.07) is -1.54. The molecule has 4 N–H and O–H groups in total. The van der Waals surface area contributed by atoms with E-state index in [9.17, 15) is 34.1 Å². The fourth-order valence-corrected chi connectivity index (χ4v) is 8.32. The number of allylic oxidation sites excluding steroid dienone is 2. The molecule has 0 fully saturated rings. The van der Waals surface area contributed by atoms with Crippen LogP contribution in [0.15, 0.2) is 12.2 Å². The van der Waals surface area contributed by atoms with Crippen molar-refractivity contribution in [1.29, 1.82) is 0 Å². The van der Waals surface area contributed by atoms with Gasteiger partial charge in [-0.25, -0.2) is 9.36 Å². The second-order valence-electron chi connectivity index (χ2n) is 17.7. The maximum absolute atomic E-state index is 12.4. The van der Waals surface area contributed by atoms with Crippen LogP contribution in [0.4, 0.5) is 0 Å². The Morgan fingerprint density at radius 3 is 1.23 bits per heavy atom. The average Bonchev–Trinajstić information content (AvgIpc) is 3.25. The summed E-state index contributed by atoms with van der Waals surface area (Å²) in [6.07, 6.45) is 48.0. The van der Waals surface area contributed by atoms with Gasteiger partial charge in [-0.1, -0.05) is 219 Å². The molecule has 0 aliphatic rings. The van der Waals surface area contributed by atoms with Crippen LogP contribution in [0.5, 0.6) is 0 Å². The molecule has 11 nitrogen and oxygen atoms in total. The molecule has 0 saturated heterocycles. The Morgan fingerprint density at radius 2 is 0.839 bits per heavy atom. The highest BCUT2D eigenvalue weighted by atomic mass is 31.2. The number of amides is 1. The monoisotopic (exact) mass is 902 g/mol. The molecule has 3 atom stereocenters. The fourth-order valence-electron chi connectivity index (χ4n) is 7.55. The molecular weight excluding hydrogens is 806 g/mol. The maximum Gasteiger partial charge on any atom is 0.472 e. The number of nitrogens with one attached hydrogen (secondary N) is 1. The summed E-state index contributed by atoms with van der Waals surface area (Å²) in [6.45, 7) is 2.64. The van der Waals surface area contributed by atoms with Gasteiger partial charge in [-0.2, -0.15) is 0 Å². The third kappa shape index (κ3) is 44.8. The van der Waals surface area contributed by atoms with Gasteiger partial charge in [0.15, 0.2) is 6.04 Å². The molecule has 0 aliphatic heterocycles. The molecule has 0 bridgehead atoms. The Bertz CT molecular complexity index is 1110. The van der Waals surface area contributed by atoms with E-state index in [4.69, 9.17) is 13.8 Å². The number of carboxylic acid groups (broad SMARTS) is 1. The molecule has 0 radical (unpaired) electrons. The second kappa shape index (κ2) is 45.8. The number of ether oxygens (including phenoxy) is 1. The standard InChI is InChI=1S/C50H96NO10P/c1-3-5-7-9-11-13-15-17-19-21-23-24-25-27-29-31-33-35-37-39-41-48(53)51-47(50(55)56)45-61-62(57,58)60-44-46(52)43-59-49(54)42-40-38-36-34-32-30-28-26-22-20-18-16-14-12-10-8-6-4-2/h20,22,46-47,52H,3-19,21,23-45H2,1-2H3,(H,51,53)(H,55,56)(H,57,58)/b22-20-. The molecule has 0 aliphatic carbocycles. The molecule has 0 saturated carbocycles. The van der Waals surface area contributed by atoms with Crippen LogP contribution in [-0.2, 0) is 32.7 Å². The third-order valence-electron chi connectivity index (χ3n) is 11.6. The molecule has 12 heteroatoms. The van der Waals surface area contributed by atoms with Crippen molar-refractivity contribution in [2.75, 3.05) is 19.8 Å². The quantitative estimate of drug-likeness (QED) is 0.0200. The van der Waals surface area contributed by atoms with Crippen molar-refractivity contribution in [2.45, 2.75) is 270 Å². The van der Waals surface area contributed by atoms with Gasteiger partial charge in [0.1, 0.15) is 12.7 Å². The minimum Gasteiger partial charge on any atom is -0.480 e. The van der Waals surface area contributed by atoms with E-state index in [0.29, 0.717) is 12.8 Å². The van der Waals surface area contributed by atoms with Crippen molar-refractivity contribution in [3.05, 3.63) is 12.2 Å². The van der Waals surface area contributed by atoms with Crippen LogP contribution in [0.1, 0.15) is 258 Å². The maximum atomic E-state index is 12.4. The average molecular weight is 902 g/mol. The molecule has 366 valence electrons. The molecule has 0 spiro atoms. The smallest absolute Gasteiger partial charge is 0.472 e. The number of aliphatic hydroxyl groups excluding tert-OH is 1. The number of carbonyl (C=O) groups is 3. The highest BCUT2D eigenvalue weighted by Gasteiger charge is 2.28. The van der Waals surface area contributed by atoms with E-state index in [-0.39, 0.29) is 12.8 Å². The van der Waals surface area contributed by atoms with Crippen LogP contribution in [-0.4, -0.2) is 64.9 Å². The van der Waals surface area contributed by atoms with Crippen molar-refractivity contribution in [3.63, 3.8) is 0 Å². The predicted octanol–water partition coefficient (Wildman–Crippen LogP) is 14.0. The van der Waals surface area contributed by atoms with Gasteiger partial charge in [0.2, 0.25) is 5.91 Å². The summed E-state index contributed by atoms with van der Waals surface area (Å²) < 4.78 is 26.9. The zero-order valence-corrected chi connectivity index (χ0v) is 40.8. The van der Waals surface area contributed by atoms with Crippen LogP contribution in [0, 0.1) is 0 Å². The first-order valence-electron chi connectivity index (χ1n) is 25.7. The number of phosphoric acid groups is 1. The Hall–Kier alpha value is -1.78. The van der Waals surface area contributed by atoms with Crippen LogP contribution in [0.2, 0.25) is 0 Å². The van der Waals surface area contributed by atoms with E-state index >= 15 is 0 Å². The molecule has 1 amide bonds. The summed E-state index contributed by atoms with van der Waals surface area (Å²) >= 11 is 0. The van der Waals surface area contributed by atoms with Crippen molar-refractivity contribution in [2.24, 2.45) is 0 Å². The van der Waals surface area contributed by atoms with Crippen molar-refractivity contribution in [1.82, 2.24) is 5.32 Å². The summed E-state index contributed by atoms with van der Waals surface area (Å²) in [5.41, 5.74) is 0. The lowest BCUT2D eigenvalue weighted by Crippen LogP contribution is -2.43. The predicted molar refractivity (Wildman–Crippen MR) is 254 cm³/mol. The van der Waals surface area contributed by atoms with Gasteiger partial charge < -0.3 is 25.2 Å². The SMILES string of the molecule is CCCCCCCCC/C=C\CCCCCCCCCC(=O)OCC(O)COP(=O)(O)OCC(NC(=O)CCCCCCCCCCCCCCCCCCCCCC)C(=O)O. The number of aliphatic carboxylic acids is 1. The number of esters is 1. The summed E-state index contributed by atoms with van der Waals surface area (Å²) in [4.78, 5) is 46.1. The van der Waals surface area contributed by atoms with E-state index in [0.717, 1.165) is 44.9 Å². The number of phosphoric ester groups is 1. The molecular formula is C50H96NO10P. The van der Waals surface area contributed by atoms with E-state index < -0.39 is 57.6 Å². The number of rotatable bonds is 49. The third-order valence-corrected chi connectivity index (χ3v) is 12.5. The van der Waals surface area contributed by atoms with E-state index in [1.807, 2.05) is 0 Å². The topological polar surface area (TPSA) is 169 Å². The lowest BCUT2D eigenvalue weighted by atomic mass is 10.0. The van der Waals surface area contributed by atoms with Gasteiger partial charge in [0.25, 0.3) is 0 Å². The normalized spacial score (nSPS) is 13.6. The van der Waals surface area contributed by atoms with Crippen molar-refractivity contribution < 1.29 is 47.8 Å². The van der Waals surface area contributed by atoms with Gasteiger partial charge in [0, 0.05) is 12.8 Å². The lowest BCUT2D eigenvalue weighted by molar-refractivity contribution is -0.147. The van der Waals surface area contributed by atoms with Crippen molar-refractivity contribution >= 4 is 25.7 Å². The Balaban J connectivity index is 3.80. The second-order valence-corrected chi connectivity index (χ2v) is 19.2. The van der Waals surface area contributed by atoms with Crippen LogP contribution in [0.25, 0.3) is 0 Å². The number of hydrogen-bond donors (Lipinski definition) is 4. The molecule has 0 aromatic rings. The zero-order chi connectivity index (χ0) is 45.6. The zero-order valence-electron chi connectivity index (χ0n) is 39.9. The number of carbonyl (C=O) groups excluding carboxylic acids is 2. The first-order chi connectivity index (χ1) is 30.1. The molecule has 3 unspecified atom stereocenters. The van der Waals surface area contributed by atoms with E-state index in [1.54, 1.807) is 0 Å². The van der Waals surface area contributed by atoms with Gasteiger partial charge in [-0.15, -0.1) is 0 Å². The first kappa shape index (κ1) is 60.2. The van der Waals surface area contributed by atoms with Gasteiger partial charge >= 0.3 is 19.8 Å². The number of hydrogen-bond acceptors (Lipinski definition) is 8. The number of carboxylic acids is 1. The van der Waals surface area contributed by atoms with E-state index in [2.05, 4.69) is 31.3 Å².